The van der Waals surface area contributed by atoms with Crippen molar-refractivity contribution < 1.29 is 28.6 Å². The SMILES string of the molecule is CCCCC/C=C\C/C=C\C/C=C\CCCCCCC(=O)O[C@H](COC(=O)CCCCCCC/C=C\CCCCCCCCC)COC(=O)CCCCCCCCCCC/C=C\C/C=C\CCCCC. The number of carbonyl (C=O) groups excluding carboxylic acids is 3. The van der Waals surface area contributed by atoms with Gasteiger partial charge in [0.1, 0.15) is 13.2 Å². The van der Waals surface area contributed by atoms with Gasteiger partial charge in [-0.1, -0.05) is 235 Å². The van der Waals surface area contributed by atoms with Gasteiger partial charge in [0, 0.05) is 19.3 Å². The van der Waals surface area contributed by atoms with Crippen LogP contribution >= 0.6 is 0 Å². The second-order valence-corrected chi connectivity index (χ2v) is 19.9. The van der Waals surface area contributed by atoms with E-state index in [1.165, 1.54) is 161 Å². The lowest BCUT2D eigenvalue weighted by atomic mass is 10.1. The summed E-state index contributed by atoms with van der Waals surface area (Å²) in [5.41, 5.74) is 0. The quantitative estimate of drug-likeness (QED) is 0.0261. The van der Waals surface area contributed by atoms with Crippen molar-refractivity contribution in [2.24, 2.45) is 0 Å². The Bertz CT molecular complexity index is 1310. The maximum atomic E-state index is 12.9. The molecule has 6 heteroatoms. The zero-order valence-electron chi connectivity index (χ0n) is 46.3. The molecule has 0 saturated heterocycles. The van der Waals surface area contributed by atoms with Crippen LogP contribution in [0.4, 0.5) is 0 Å². The van der Waals surface area contributed by atoms with E-state index in [9.17, 15) is 14.4 Å². The first kappa shape index (κ1) is 66.9. The fourth-order valence-electron chi connectivity index (χ4n) is 8.36. The fraction of sp³-hybridized carbons (Fsp3) is 0.766. The topological polar surface area (TPSA) is 78.9 Å². The molecular weight excluding hydrogens is 865 g/mol. The smallest absolute Gasteiger partial charge is 0.306 e. The van der Waals surface area contributed by atoms with Crippen molar-refractivity contribution in [3.8, 4) is 0 Å². The molecule has 1 atom stereocenters. The number of unbranched alkanes of at least 4 members (excludes halogenated alkanes) is 31. The molecule has 0 aromatic heterocycles. The van der Waals surface area contributed by atoms with Gasteiger partial charge in [0.15, 0.2) is 6.10 Å². The summed E-state index contributed by atoms with van der Waals surface area (Å²) < 4.78 is 16.9. The van der Waals surface area contributed by atoms with Gasteiger partial charge in [-0.15, -0.1) is 0 Å². The Labute approximate surface area is 433 Å². The lowest BCUT2D eigenvalue weighted by Crippen LogP contribution is -2.30. The Kier molecular flexibility index (Phi) is 55.8. The number of allylic oxidation sites excluding steroid dienone is 12. The van der Waals surface area contributed by atoms with Crippen molar-refractivity contribution in [2.75, 3.05) is 13.2 Å². The van der Waals surface area contributed by atoms with Crippen LogP contribution in [0.1, 0.15) is 297 Å². The van der Waals surface area contributed by atoms with Crippen molar-refractivity contribution in [3.63, 3.8) is 0 Å². The van der Waals surface area contributed by atoms with E-state index in [1.807, 2.05) is 0 Å². The van der Waals surface area contributed by atoms with Gasteiger partial charge >= 0.3 is 17.9 Å². The second-order valence-electron chi connectivity index (χ2n) is 19.9. The van der Waals surface area contributed by atoms with Crippen molar-refractivity contribution in [3.05, 3.63) is 72.9 Å². The Balaban J connectivity index is 4.42. The number of esters is 3. The minimum atomic E-state index is -0.793. The molecule has 0 aliphatic heterocycles. The summed E-state index contributed by atoms with van der Waals surface area (Å²) in [6.07, 6.45) is 74.6. The molecule has 0 N–H and O–H groups in total. The maximum Gasteiger partial charge on any atom is 0.306 e. The van der Waals surface area contributed by atoms with E-state index in [1.54, 1.807) is 0 Å². The van der Waals surface area contributed by atoms with E-state index in [-0.39, 0.29) is 31.1 Å². The monoisotopic (exact) mass is 977 g/mol. The Hall–Kier alpha value is -3.15. The molecule has 70 heavy (non-hydrogen) atoms. The zero-order valence-corrected chi connectivity index (χ0v) is 46.3. The highest BCUT2D eigenvalue weighted by Crippen LogP contribution is 2.15. The molecule has 0 amide bonds. The van der Waals surface area contributed by atoms with Crippen molar-refractivity contribution >= 4 is 17.9 Å². The van der Waals surface area contributed by atoms with E-state index < -0.39 is 6.10 Å². The van der Waals surface area contributed by atoms with Gasteiger partial charge in [0.05, 0.1) is 0 Å². The highest BCUT2D eigenvalue weighted by Gasteiger charge is 2.19. The third kappa shape index (κ3) is 55.8. The Morgan fingerprint density at radius 3 is 0.843 bits per heavy atom. The van der Waals surface area contributed by atoms with E-state index in [0.717, 1.165) is 96.3 Å². The molecule has 0 saturated carbocycles. The van der Waals surface area contributed by atoms with Gasteiger partial charge in [-0.2, -0.15) is 0 Å². The number of hydrogen-bond acceptors (Lipinski definition) is 6. The standard InChI is InChI=1S/C64H112O6/c1-4-7-10-13-16-19-22-25-28-31-32-34-36-39-42-45-48-51-54-57-63(66)69-60-61(59-68-62(65)56-53-50-47-44-41-38-35-30-27-24-21-18-15-12-9-6-3)70-64(67)58-55-52-49-46-43-40-37-33-29-26-23-20-17-14-11-8-5-2/h16-17,19-20,25-26,28-30,35,37,40,61H,4-15,18,21-24,27,31-34,36,38-39,41-60H2,1-3H3/b19-16-,20-17-,28-25-,29-26-,35-30-,40-37-/t61-/m1/s1. The first-order valence-electron chi connectivity index (χ1n) is 29.9. The van der Waals surface area contributed by atoms with Crippen LogP contribution in [0, 0.1) is 0 Å². The van der Waals surface area contributed by atoms with Crippen LogP contribution in [-0.4, -0.2) is 37.2 Å². The summed E-state index contributed by atoms with van der Waals surface area (Å²) in [5, 5.41) is 0. The van der Waals surface area contributed by atoms with E-state index in [2.05, 4.69) is 93.7 Å². The number of carbonyl (C=O) groups is 3. The third-order valence-corrected chi connectivity index (χ3v) is 12.9. The van der Waals surface area contributed by atoms with Gasteiger partial charge < -0.3 is 14.2 Å². The predicted octanol–water partition coefficient (Wildman–Crippen LogP) is 20.2. The lowest BCUT2D eigenvalue weighted by Gasteiger charge is -2.18. The largest absolute Gasteiger partial charge is 0.462 e. The first-order chi connectivity index (χ1) is 34.5. The molecule has 0 heterocycles. The van der Waals surface area contributed by atoms with Gasteiger partial charge in [0.2, 0.25) is 0 Å². The molecule has 0 rings (SSSR count). The number of ether oxygens (including phenoxy) is 3. The molecule has 0 aliphatic carbocycles. The molecule has 0 bridgehead atoms. The molecule has 0 aromatic rings. The molecule has 0 fully saturated rings. The van der Waals surface area contributed by atoms with E-state index in [0.29, 0.717) is 19.3 Å². The molecule has 0 spiro atoms. The van der Waals surface area contributed by atoms with Crippen LogP contribution in [-0.2, 0) is 28.6 Å². The molecule has 0 unspecified atom stereocenters. The Morgan fingerprint density at radius 2 is 0.514 bits per heavy atom. The van der Waals surface area contributed by atoms with Crippen molar-refractivity contribution in [2.45, 2.75) is 303 Å². The molecule has 0 aliphatic rings. The summed E-state index contributed by atoms with van der Waals surface area (Å²) >= 11 is 0. The van der Waals surface area contributed by atoms with E-state index >= 15 is 0 Å². The van der Waals surface area contributed by atoms with Gasteiger partial charge in [0.25, 0.3) is 0 Å². The fourth-order valence-corrected chi connectivity index (χ4v) is 8.36. The summed E-state index contributed by atoms with van der Waals surface area (Å²) in [6, 6.07) is 0. The van der Waals surface area contributed by atoms with Gasteiger partial charge in [-0.25, -0.2) is 0 Å². The zero-order chi connectivity index (χ0) is 50.7. The average molecular weight is 978 g/mol. The predicted molar refractivity (Wildman–Crippen MR) is 302 cm³/mol. The highest BCUT2D eigenvalue weighted by molar-refractivity contribution is 5.71. The molecular formula is C64H112O6. The average Bonchev–Trinajstić information content (AvgIpc) is 3.36. The second kappa shape index (κ2) is 58.4. The normalized spacial score (nSPS) is 12.6. The van der Waals surface area contributed by atoms with Crippen LogP contribution in [0.2, 0.25) is 0 Å². The summed E-state index contributed by atoms with van der Waals surface area (Å²) in [4.78, 5) is 38.2. The van der Waals surface area contributed by atoms with Gasteiger partial charge in [-0.3, -0.25) is 14.4 Å². The lowest BCUT2D eigenvalue weighted by molar-refractivity contribution is -0.167. The van der Waals surface area contributed by atoms with E-state index in [4.69, 9.17) is 14.2 Å². The Morgan fingerprint density at radius 1 is 0.286 bits per heavy atom. The first-order valence-corrected chi connectivity index (χ1v) is 29.9. The summed E-state index contributed by atoms with van der Waals surface area (Å²) in [5.74, 6) is -0.913. The van der Waals surface area contributed by atoms with Crippen LogP contribution in [0.3, 0.4) is 0 Å². The number of rotatable bonds is 54. The molecule has 404 valence electrons. The summed E-state index contributed by atoms with van der Waals surface area (Å²) in [7, 11) is 0. The minimum Gasteiger partial charge on any atom is -0.462 e. The van der Waals surface area contributed by atoms with Crippen molar-refractivity contribution in [1.29, 1.82) is 0 Å². The summed E-state index contributed by atoms with van der Waals surface area (Å²) in [6.45, 7) is 6.58. The number of hydrogen-bond donors (Lipinski definition) is 0. The minimum absolute atomic E-state index is 0.0887. The van der Waals surface area contributed by atoms with Crippen LogP contribution in [0.25, 0.3) is 0 Å². The van der Waals surface area contributed by atoms with Crippen molar-refractivity contribution in [1.82, 2.24) is 0 Å². The van der Waals surface area contributed by atoms with Crippen LogP contribution < -0.4 is 0 Å². The molecule has 0 radical (unpaired) electrons. The maximum absolute atomic E-state index is 12.9. The third-order valence-electron chi connectivity index (χ3n) is 12.9. The molecule has 0 aromatic carbocycles. The van der Waals surface area contributed by atoms with Crippen LogP contribution in [0.5, 0.6) is 0 Å². The van der Waals surface area contributed by atoms with Crippen LogP contribution in [0.15, 0.2) is 72.9 Å². The molecule has 6 nitrogen and oxygen atoms in total. The van der Waals surface area contributed by atoms with Gasteiger partial charge in [-0.05, 0) is 116 Å². The highest BCUT2D eigenvalue weighted by atomic mass is 16.6.